The van der Waals surface area contributed by atoms with Crippen molar-refractivity contribution in [2.75, 3.05) is 39.9 Å². The number of benzene rings is 1. The molecule has 0 unspecified atom stereocenters. The summed E-state index contributed by atoms with van der Waals surface area (Å²) >= 11 is 6.55. The Kier molecular flexibility index (Phi) is 6.35. The molecule has 0 N–H and O–H groups in total. The Balaban J connectivity index is 1.34. The largest absolute Gasteiger partial charge is 0.383 e. The Hall–Kier alpha value is -0.610. The van der Waals surface area contributed by atoms with Crippen LogP contribution in [0.1, 0.15) is 37.2 Å². The minimum atomic E-state index is 0.542. The van der Waals surface area contributed by atoms with Gasteiger partial charge >= 0.3 is 0 Å². The molecule has 1 saturated carbocycles. The first-order valence-electron chi connectivity index (χ1n) is 8.96. The van der Waals surface area contributed by atoms with Gasteiger partial charge in [-0.1, -0.05) is 30.3 Å². The minimum Gasteiger partial charge on any atom is -0.383 e. The summed E-state index contributed by atoms with van der Waals surface area (Å²) in [5.41, 5.74) is 1.44. The van der Waals surface area contributed by atoms with E-state index in [0.29, 0.717) is 12.0 Å². The van der Waals surface area contributed by atoms with E-state index in [1.54, 1.807) is 7.11 Å². The third-order valence-corrected chi connectivity index (χ3v) is 5.83. The summed E-state index contributed by atoms with van der Waals surface area (Å²) in [6.45, 7) is 5.38. The zero-order chi connectivity index (χ0) is 16.1. The molecule has 2 fully saturated rings. The molecule has 23 heavy (non-hydrogen) atoms. The number of hydrogen-bond acceptors (Lipinski definition) is 3. The molecule has 0 spiro atoms. The van der Waals surface area contributed by atoms with E-state index in [1.807, 2.05) is 0 Å². The van der Waals surface area contributed by atoms with Crippen molar-refractivity contribution >= 4 is 11.8 Å². The molecule has 128 valence electrons. The average Bonchev–Trinajstić information content (AvgIpc) is 3.40. The van der Waals surface area contributed by atoms with Crippen LogP contribution in [0.4, 0.5) is 0 Å². The van der Waals surface area contributed by atoms with E-state index in [0.717, 1.165) is 25.6 Å². The molecule has 1 saturated heterocycles. The minimum absolute atomic E-state index is 0.542. The highest BCUT2D eigenvalue weighted by atomic mass is 35.5. The lowest BCUT2D eigenvalue weighted by Crippen LogP contribution is -2.36. The molecule has 3 rings (SSSR count). The molecular formula is C19H29ClN2O. The fraction of sp³-hybridized carbons (Fsp3) is 0.684. The van der Waals surface area contributed by atoms with Crippen molar-refractivity contribution in [1.29, 1.82) is 0 Å². The summed E-state index contributed by atoms with van der Waals surface area (Å²) in [4.78, 5) is 2.52. The number of hydrogen-bond donors (Lipinski definition) is 0. The second-order valence-corrected chi connectivity index (χ2v) is 7.44. The predicted octanol–water partition coefficient (Wildman–Crippen LogP) is 3.75. The van der Waals surface area contributed by atoms with Crippen molar-refractivity contribution in [3.63, 3.8) is 0 Å². The van der Waals surface area contributed by atoms with Crippen molar-refractivity contribution in [2.24, 2.45) is 5.92 Å². The first-order valence-corrected chi connectivity index (χ1v) is 9.30. The van der Waals surface area contributed by atoms with E-state index in [2.05, 4.69) is 39.7 Å². The number of methoxy groups -OCH3 is 1. The summed E-state index contributed by atoms with van der Waals surface area (Å²) in [5.74, 6) is 1.48. The van der Waals surface area contributed by atoms with Gasteiger partial charge in [-0.15, -0.1) is 0 Å². The van der Waals surface area contributed by atoms with Crippen LogP contribution in [0.5, 0.6) is 0 Å². The predicted molar refractivity (Wildman–Crippen MR) is 95.8 cm³/mol. The molecule has 1 aliphatic carbocycles. The van der Waals surface area contributed by atoms with Crippen molar-refractivity contribution in [2.45, 2.75) is 37.6 Å². The molecule has 1 aliphatic heterocycles. The number of piperidine rings is 1. The standard InChI is InChI=1S/C19H29ClN2O/c1-23-14-13-21-10-7-16(8-11-21)9-12-22(20)19-15-18(19)17-5-3-2-4-6-17/h2-6,16,18-19H,7-15H2,1H3/t18-,19+/m0/s1. The van der Waals surface area contributed by atoms with E-state index in [4.69, 9.17) is 16.5 Å². The van der Waals surface area contributed by atoms with Crippen LogP contribution in [0.3, 0.4) is 0 Å². The molecule has 2 atom stereocenters. The Morgan fingerprint density at radius 2 is 1.96 bits per heavy atom. The molecule has 1 heterocycles. The van der Waals surface area contributed by atoms with Crippen LogP contribution in [0.2, 0.25) is 0 Å². The molecule has 0 amide bonds. The van der Waals surface area contributed by atoms with Crippen LogP contribution in [-0.4, -0.2) is 55.3 Å². The molecular weight excluding hydrogens is 308 g/mol. The maximum atomic E-state index is 6.55. The van der Waals surface area contributed by atoms with Crippen molar-refractivity contribution in [1.82, 2.24) is 9.32 Å². The van der Waals surface area contributed by atoms with Crippen LogP contribution in [-0.2, 0) is 4.74 Å². The Bertz CT molecular complexity index is 462. The number of likely N-dealkylation sites (tertiary alicyclic amines) is 1. The first-order chi connectivity index (χ1) is 11.3. The van der Waals surface area contributed by atoms with Crippen molar-refractivity contribution in [3.8, 4) is 0 Å². The zero-order valence-electron chi connectivity index (χ0n) is 14.2. The lowest BCUT2D eigenvalue weighted by atomic mass is 9.93. The monoisotopic (exact) mass is 336 g/mol. The number of ether oxygens (including phenoxy) is 1. The van der Waals surface area contributed by atoms with E-state index < -0.39 is 0 Å². The van der Waals surface area contributed by atoms with Gasteiger partial charge in [0.2, 0.25) is 0 Å². The molecule has 0 radical (unpaired) electrons. The number of rotatable bonds is 8. The lowest BCUT2D eigenvalue weighted by Gasteiger charge is -2.32. The highest BCUT2D eigenvalue weighted by molar-refractivity contribution is 6.13. The highest BCUT2D eigenvalue weighted by Gasteiger charge is 2.42. The van der Waals surface area contributed by atoms with Gasteiger partial charge in [0.1, 0.15) is 0 Å². The third kappa shape index (κ3) is 4.93. The molecule has 0 aromatic heterocycles. The summed E-state index contributed by atoms with van der Waals surface area (Å²) in [5, 5.41) is 0. The second-order valence-electron chi connectivity index (χ2n) is 7.01. The molecule has 4 heteroatoms. The molecule has 3 nitrogen and oxygen atoms in total. The topological polar surface area (TPSA) is 15.7 Å². The third-order valence-electron chi connectivity index (χ3n) is 5.41. The maximum absolute atomic E-state index is 6.55. The summed E-state index contributed by atoms with van der Waals surface area (Å²) in [6, 6.07) is 11.3. The van der Waals surface area contributed by atoms with Crippen LogP contribution >= 0.6 is 11.8 Å². The normalized spacial score (nSPS) is 25.9. The second kappa shape index (κ2) is 8.48. The van der Waals surface area contributed by atoms with Gasteiger partial charge in [-0.3, -0.25) is 0 Å². The molecule has 1 aromatic carbocycles. The van der Waals surface area contributed by atoms with Gasteiger partial charge in [-0.25, -0.2) is 4.42 Å². The lowest BCUT2D eigenvalue weighted by molar-refractivity contribution is 0.117. The highest BCUT2D eigenvalue weighted by Crippen LogP contribution is 2.45. The summed E-state index contributed by atoms with van der Waals surface area (Å²) < 4.78 is 7.24. The van der Waals surface area contributed by atoms with E-state index in [9.17, 15) is 0 Å². The number of halogens is 1. The Labute approximate surface area is 145 Å². The molecule has 1 aromatic rings. The van der Waals surface area contributed by atoms with Gasteiger partial charge in [-0.05, 0) is 62.0 Å². The SMILES string of the molecule is COCCN1CCC(CCN(Cl)[C@@H]2C[C@H]2c2ccccc2)CC1. The Morgan fingerprint density at radius 1 is 1.22 bits per heavy atom. The van der Waals surface area contributed by atoms with Crippen LogP contribution < -0.4 is 0 Å². The zero-order valence-corrected chi connectivity index (χ0v) is 14.9. The fourth-order valence-electron chi connectivity index (χ4n) is 3.74. The molecule has 2 aliphatic rings. The summed E-state index contributed by atoms with van der Waals surface area (Å²) in [6.07, 6.45) is 5.06. The van der Waals surface area contributed by atoms with Crippen LogP contribution in [0.25, 0.3) is 0 Å². The molecule has 0 bridgehead atoms. The Morgan fingerprint density at radius 3 is 2.65 bits per heavy atom. The number of nitrogens with zero attached hydrogens (tertiary/aromatic N) is 2. The maximum Gasteiger partial charge on any atom is 0.0589 e. The smallest absolute Gasteiger partial charge is 0.0589 e. The quantitative estimate of drug-likeness (QED) is 0.672. The van der Waals surface area contributed by atoms with Gasteiger partial charge in [-0.2, -0.15) is 0 Å². The van der Waals surface area contributed by atoms with Crippen molar-refractivity contribution in [3.05, 3.63) is 35.9 Å². The van der Waals surface area contributed by atoms with Gasteiger partial charge in [0.15, 0.2) is 0 Å². The summed E-state index contributed by atoms with van der Waals surface area (Å²) in [7, 11) is 1.78. The van der Waals surface area contributed by atoms with Crippen LogP contribution in [0.15, 0.2) is 30.3 Å². The van der Waals surface area contributed by atoms with Gasteiger partial charge in [0, 0.05) is 32.2 Å². The van der Waals surface area contributed by atoms with Gasteiger partial charge in [0.25, 0.3) is 0 Å². The van der Waals surface area contributed by atoms with E-state index in [-0.39, 0.29) is 0 Å². The average molecular weight is 337 g/mol. The van der Waals surface area contributed by atoms with Crippen LogP contribution in [0, 0.1) is 5.92 Å². The van der Waals surface area contributed by atoms with E-state index in [1.165, 1.54) is 44.3 Å². The van der Waals surface area contributed by atoms with Gasteiger partial charge in [0.05, 0.1) is 6.61 Å². The first kappa shape index (κ1) is 17.2. The van der Waals surface area contributed by atoms with Crippen molar-refractivity contribution < 1.29 is 4.74 Å². The van der Waals surface area contributed by atoms with E-state index >= 15 is 0 Å². The fourth-order valence-corrected chi connectivity index (χ4v) is 4.05. The van der Waals surface area contributed by atoms with Gasteiger partial charge < -0.3 is 9.64 Å².